The summed E-state index contributed by atoms with van der Waals surface area (Å²) < 4.78 is 10.7. The molecule has 9 nitrogen and oxygen atoms in total. The van der Waals surface area contributed by atoms with Gasteiger partial charge in [0, 0.05) is 17.7 Å². The molecule has 0 spiro atoms. The molecule has 0 saturated carbocycles. The van der Waals surface area contributed by atoms with E-state index in [4.69, 9.17) is 9.47 Å². The van der Waals surface area contributed by atoms with Crippen LogP contribution in [0, 0.1) is 21.4 Å². The highest BCUT2D eigenvalue weighted by Gasteiger charge is 2.12. The molecule has 0 aromatic heterocycles. The highest BCUT2D eigenvalue weighted by Crippen LogP contribution is 2.28. The van der Waals surface area contributed by atoms with Crippen LogP contribution in [0.1, 0.15) is 21.5 Å². The number of nitriles is 1. The second kappa shape index (κ2) is 9.67. The number of hydrogen-bond acceptors (Lipinski definition) is 7. The van der Waals surface area contributed by atoms with Gasteiger partial charge in [0.1, 0.15) is 28.9 Å². The van der Waals surface area contributed by atoms with Gasteiger partial charge in [0.05, 0.1) is 18.2 Å². The van der Waals surface area contributed by atoms with Gasteiger partial charge in [0.25, 0.3) is 11.6 Å². The molecule has 0 saturated heterocycles. The molecule has 1 N–H and O–H groups in total. The molecule has 9 heteroatoms. The molecule has 0 heterocycles. The molecule has 31 heavy (non-hydrogen) atoms. The molecule has 0 bridgehead atoms. The average Bonchev–Trinajstić information content (AvgIpc) is 2.79. The van der Waals surface area contributed by atoms with Crippen molar-refractivity contribution in [3.63, 3.8) is 0 Å². The van der Waals surface area contributed by atoms with Crippen molar-refractivity contribution in [3.8, 4) is 23.3 Å². The summed E-state index contributed by atoms with van der Waals surface area (Å²) in [5.41, 5.74) is 3.34. The first-order chi connectivity index (χ1) is 15.0. The minimum absolute atomic E-state index is 0.0417. The van der Waals surface area contributed by atoms with Gasteiger partial charge in [-0.15, -0.1) is 0 Å². The first kappa shape index (κ1) is 21.0. The molecule has 3 aromatic carbocycles. The van der Waals surface area contributed by atoms with E-state index >= 15 is 0 Å². The smallest absolute Gasteiger partial charge is 0.271 e. The predicted octanol–water partition coefficient (Wildman–Crippen LogP) is 4.03. The lowest BCUT2D eigenvalue weighted by Crippen LogP contribution is -2.17. The van der Waals surface area contributed by atoms with Gasteiger partial charge >= 0.3 is 0 Å². The van der Waals surface area contributed by atoms with Gasteiger partial charge in [-0.05, 0) is 48.0 Å². The Labute approximate surface area is 177 Å². The van der Waals surface area contributed by atoms with Crippen molar-refractivity contribution in [2.45, 2.75) is 0 Å². The number of benzene rings is 3. The van der Waals surface area contributed by atoms with E-state index in [0.29, 0.717) is 22.6 Å². The second-order valence-electron chi connectivity index (χ2n) is 6.15. The van der Waals surface area contributed by atoms with Gasteiger partial charge in [0.2, 0.25) is 0 Å². The minimum Gasteiger partial charge on any atom is -0.497 e. The van der Waals surface area contributed by atoms with E-state index in [1.807, 2.05) is 6.07 Å². The Bertz CT molecular complexity index is 1180. The number of ether oxygens (including phenoxy) is 2. The summed E-state index contributed by atoms with van der Waals surface area (Å²) in [5.74, 6) is 0.853. The number of rotatable bonds is 7. The third-order valence-corrected chi connectivity index (χ3v) is 4.11. The summed E-state index contributed by atoms with van der Waals surface area (Å²) >= 11 is 0. The Morgan fingerprint density at radius 3 is 2.58 bits per heavy atom. The molecule has 3 rings (SSSR count). The van der Waals surface area contributed by atoms with E-state index in [0.717, 1.165) is 6.07 Å². The maximum absolute atomic E-state index is 12.1. The molecule has 0 aliphatic rings. The van der Waals surface area contributed by atoms with Crippen molar-refractivity contribution in [1.29, 1.82) is 5.26 Å². The lowest BCUT2D eigenvalue weighted by atomic mass is 10.2. The van der Waals surface area contributed by atoms with Crippen LogP contribution in [-0.4, -0.2) is 24.2 Å². The Balaban J connectivity index is 1.68. The van der Waals surface area contributed by atoms with Crippen LogP contribution >= 0.6 is 0 Å². The molecule has 0 unspecified atom stereocenters. The van der Waals surface area contributed by atoms with Crippen LogP contribution in [0.15, 0.2) is 71.8 Å². The Hall–Kier alpha value is -4.71. The lowest BCUT2D eigenvalue weighted by molar-refractivity contribution is -0.384. The number of nitro benzene ring substituents is 1. The van der Waals surface area contributed by atoms with Gasteiger partial charge in [-0.2, -0.15) is 10.4 Å². The quantitative estimate of drug-likeness (QED) is 0.352. The number of carbonyl (C=O) groups is 1. The van der Waals surface area contributed by atoms with Gasteiger partial charge < -0.3 is 9.47 Å². The van der Waals surface area contributed by atoms with E-state index < -0.39 is 4.92 Å². The van der Waals surface area contributed by atoms with Gasteiger partial charge in [-0.1, -0.05) is 12.1 Å². The molecule has 3 aromatic rings. The molecule has 0 radical (unpaired) electrons. The number of methoxy groups -OCH3 is 1. The van der Waals surface area contributed by atoms with E-state index in [9.17, 15) is 20.2 Å². The Morgan fingerprint density at radius 1 is 1.13 bits per heavy atom. The van der Waals surface area contributed by atoms with Crippen molar-refractivity contribution in [2.24, 2.45) is 5.10 Å². The molecule has 0 aliphatic heterocycles. The number of amides is 1. The van der Waals surface area contributed by atoms with Gasteiger partial charge in [-0.3, -0.25) is 14.9 Å². The van der Waals surface area contributed by atoms with Crippen molar-refractivity contribution in [1.82, 2.24) is 5.43 Å². The van der Waals surface area contributed by atoms with E-state index in [2.05, 4.69) is 10.5 Å². The summed E-state index contributed by atoms with van der Waals surface area (Å²) in [5, 5.41) is 24.0. The number of non-ortho nitro benzene ring substituents is 1. The zero-order valence-corrected chi connectivity index (χ0v) is 16.3. The fraction of sp³-hybridized carbons (Fsp3) is 0.0455. The Morgan fingerprint density at radius 2 is 1.90 bits per heavy atom. The summed E-state index contributed by atoms with van der Waals surface area (Å²) in [7, 11) is 1.54. The van der Waals surface area contributed by atoms with Crippen molar-refractivity contribution in [2.75, 3.05) is 7.11 Å². The molecular formula is C22H16N4O5. The summed E-state index contributed by atoms with van der Waals surface area (Å²) in [6.45, 7) is 0. The predicted molar refractivity (Wildman–Crippen MR) is 112 cm³/mol. The standard InChI is InChI=1S/C22H16N4O5/c1-30-19-8-5-16(6-9-19)22(27)25-24-14-15-3-2-4-20(11-15)31-21-10-7-18(26(28)29)12-17(21)13-23/h2-12,14H,1H3,(H,25,27). The van der Waals surface area contributed by atoms with E-state index in [-0.39, 0.29) is 22.9 Å². The first-order valence-electron chi connectivity index (χ1n) is 8.94. The first-order valence-corrected chi connectivity index (χ1v) is 8.94. The lowest BCUT2D eigenvalue weighted by Gasteiger charge is -2.08. The van der Waals surface area contributed by atoms with Crippen LogP contribution in [0.2, 0.25) is 0 Å². The maximum atomic E-state index is 12.1. The largest absolute Gasteiger partial charge is 0.497 e. The fourth-order valence-electron chi connectivity index (χ4n) is 2.57. The Kier molecular flexibility index (Phi) is 6.55. The summed E-state index contributed by atoms with van der Waals surface area (Å²) in [6.07, 6.45) is 1.44. The second-order valence-corrected chi connectivity index (χ2v) is 6.15. The van der Waals surface area contributed by atoms with Crippen LogP contribution in [0.5, 0.6) is 17.2 Å². The highest BCUT2D eigenvalue weighted by molar-refractivity contribution is 5.95. The van der Waals surface area contributed by atoms with Crippen molar-refractivity contribution in [3.05, 3.63) is 93.5 Å². The van der Waals surface area contributed by atoms with Crippen LogP contribution in [0.4, 0.5) is 5.69 Å². The topological polar surface area (TPSA) is 127 Å². The maximum Gasteiger partial charge on any atom is 0.271 e. The van der Waals surface area contributed by atoms with Crippen molar-refractivity contribution < 1.29 is 19.2 Å². The van der Waals surface area contributed by atoms with Crippen LogP contribution in [-0.2, 0) is 0 Å². The third kappa shape index (κ3) is 5.42. The molecule has 0 atom stereocenters. The van der Waals surface area contributed by atoms with Gasteiger partial charge in [0.15, 0.2) is 0 Å². The molecular weight excluding hydrogens is 400 g/mol. The van der Waals surface area contributed by atoms with Crippen LogP contribution in [0.25, 0.3) is 0 Å². The zero-order valence-electron chi connectivity index (χ0n) is 16.3. The van der Waals surface area contributed by atoms with Crippen molar-refractivity contribution >= 4 is 17.8 Å². The molecule has 154 valence electrons. The molecule has 1 amide bonds. The summed E-state index contributed by atoms with van der Waals surface area (Å²) in [4.78, 5) is 22.4. The monoisotopic (exact) mass is 416 g/mol. The summed E-state index contributed by atoms with van der Waals surface area (Å²) in [6, 6.07) is 19.0. The number of hydrogen-bond donors (Lipinski definition) is 1. The van der Waals surface area contributed by atoms with E-state index in [1.165, 1.54) is 18.3 Å². The molecule has 0 aliphatic carbocycles. The zero-order chi connectivity index (χ0) is 22.2. The highest BCUT2D eigenvalue weighted by atomic mass is 16.6. The number of nitrogens with one attached hydrogen (secondary N) is 1. The number of nitro groups is 1. The number of hydrazone groups is 1. The third-order valence-electron chi connectivity index (χ3n) is 4.11. The SMILES string of the molecule is COc1ccc(C(=O)NN=Cc2cccc(Oc3ccc([N+](=O)[O-])cc3C#N)c2)cc1. The number of nitrogens with zero attached hydrogens (tertiary/aromatic N) is 3. The molecule has 0 fully saturated rings. The van der Waals surface area contributed by atoms with Crippen LogP contribution in [0.3, 0.4) is 0 Å². The van der Waals surface area contributed by atoms with Crippen LogP contribution < -0.4 is 14.9 Å². The average molecular weight is 416 g/mol. The minimum atomic E-state index is -0.581. The van der Waals surface area contributed by atoms with Gasteiger partial charge in [-0.25, -0.2) is 5.43 Å². The van der Waals surface area contributed by atoms with E-state index in [1.54, 1.807) is 55.6 Å². The normalized spacial score (nSPS) is 10.3. The fourth-order valence-corrected chi connectivity index (χ4v) is 2.57. The number of carbonyl (C=O) groups excluding carboxylic acids is 1.